The van der Waals surface area contributed by atoms with Crippen LogP contribution in [0.4, 0.5) is 0 Å². The minimum atomic E-state index is -1.70. The monoisotopic (exact) mass is 408 g/mol. The van der Waals surface area contributed by atoms with E-state index in [1.54, 1.807) is 67.6 Å². The van der Waals surface area contributed by atoms with Crippen LogP contribution in [0.5, 0.6) is 0 Å². The molecule has 156 valence electrons. The topological polar surface area (TPSA) is 145 Å². The van der Waals surface area contributed by atoms with Gasteiger partial charge in [-0.1, -0.05) is 55.5 Å². The van der Waals surface area contributed by atoms with Crippen LogP contribution in [0, 0.1) is 17.2 Å². The summed E-state index contributed by atoms with van der Waals surface area (Å²) >= 11 is 0. The van der Waals surface area contributed by atoms with E-state index in [0.717, 1.165) is 0 Å². The number of aliphatic hydroxyl groups is 1. The Morgan fingerprint density at radius 2 is 1.60 bits per heavy atom. The lowest BCUT2D eigenvalue weighted by Gasteiger charge is -2.27. The maximum Gasteiger partial charge on any atom is 0.252 e. The number of carbonyl (C=O) groups excluding carboxylic acids is 3. The Hall–Kier alpha value is -3.70. The molecule has 0 saturated heterocycles. The van der Waals surface area contributed by atoms with Crippen molar-refractivity contribution < 1.29 is 19.5 Å². The van der Waals surface area contributed by atoms with Gasteiger partial charge in [-0.05, 0) is 23.6 Å². The number of nitrogens with zero attached hydrogens (tertiary/aromatic N) is 1. The molecule has 0 heterocycles. The van der Waals surface area contributed by atoms with Crippen LogP contribution in [0.15, 0.2) is 60.7 Å². The summed E-state index contributed by atoms with van der Waals surface area (Å²) in [4.78, 5) is 37.0. The molecule has 30 heavy (non-hydrogen) atoms. The third-order valence-electron chi connectivity index (χ3n) is 4.65. The molecule has 4 atom stereocenters. The summed E-state index contributed by atoms with van der Waals surface area (Å²) in [6.45, 7) is 1.59. The molecule has 2 aromatic rings. The first-order valence-electron chi connectivity index (χ1n) is 9.40. The van der Waals surface area contributed by atoms with Crippen LogP contribution in [-0.4, -0.2) is 35.0 Å². The van der Waals surface area contributed by atoms with Crippen molar-refractivity contribution >= 4 is 17.7 Å². The zero-order valence-corrected chi connectivity index (χ0v) is 16.5. The number of hydrogen-bond acceptors (Lipinski definition) is 5. The van der Waals surface area contributed by atoms with Gasteiger partial charge in [0, 0.05) is 12.0 Å². The zero-order chi connectivity index (χ0) is 22.1. The molecule has 0 fully saturated rings. The Morgan fingerprint density at radius 3 is 2.13 bits per heavy atom. The van der Waals surface area contributed by atoms with E-state index in [1.807, 2.05) is 6.07 Å². The van der Waals surface area contributed by atoms with Gasteiger partial charge >= 0.3 is 0 Å². The largest absolute Gasteiger partial charge is 0.381 e. The lowest BCUT2D eigenvalue weighted by Crippen LogP contribution is -2.53. The van der Waals surface area contributed by atoms with Crippen molar-refractivity contribution in [1.82, 2.24) is 10.6 Å². The molecule has 2 rings (SSSR count). The second-order valence-corrected chi connectivity index (χ2v) is 6.90. The highest BCUT2D eigenvalue weighted by Gasteiger charge is 2.33. The van der Waals surface area contributed by atoms with Gasteiger partial charge in [0.1, 0.15) is 6.04 Å². The van der Waals surface area contributed by atoms with Crippen LogP contribution in [0.1, 0.15) is 35.3 Å². The first-order valence-corrected chi connectivity index (χ1v) is 9.40. The summed E-state index contributed by atoms with van der Waals surface area (Å²) in [6.07, 6.45) is -1.70. The van der Waals surface area contributed by atoms with Gasteiger partial charge in [0.05, 0.1) is 12.1 Å². The Kier molecular flexibility index (Phi) is 8.08. The Balaban J connectivity index is 2.24. The van der Waals surface area contributed by atoms with E-state index in [4.69, 9.17) is 11.0 Å². The number of hydrogen-bond donors (Lipinski definition) is 4. The summed E-state index contributed by atoms with van der Waals surface area (Å²) in [5.74, 6) is -2.72. The van der Waals surface area contributed by atoms with Crippen molar-refractivity contribution in [3.05, 3.63) is 71.8 Å². The molecule has 8 nitrogen and oxygen atoms in total. The Labute approximate surface area is 174 Å². The number of nitrogens with two attached hydrogens (primary N) is 1. The summed E-state index contributed by atoms with van der Waals surface area (Å²) in [5.41, 5.74) is 6.22. The highest BCUT2D eigenvalue weighted by Crippen LogP contribution is 2.19. The quantitative estimate of drug-likeness (QED) is 0.490. The van der Waals surface area contributed by atoms with Crippen LogP contribution in [0.25, 0.3) is 0 Å². The second kappa shape index (κ2) is 10.7. The molecule has 0 aliphatic rings. The Morgan fingerprint density at radius 1 is 1.03 bits per heavy atom. The molecule has 0 unspecified atom stereocenters. The van der Waals surface area contributed by atoms with E-state index < -0.39 is 41.8 Å². The minimum Gasteiger partial charge on any atom is -0.381 e. The van der Waals surface area contributed by atoms with Gasteiger partial charge in [0.2, 0.25) is 5.91 Å². The fourth-order valence-electron chi connectivity index (χ4n) is 2.96. The fourth-order valence-corrected chi connectivity index (χ4v) is 2.96. The molecule has 3 amide bonds. The molecule has 0 saturated carbocycles. The van der Waals surface area contributed by atoms with Crippen LogP contribution < -0.4 is 16.4 Å². The second-order valence-electron chi connectivity index (χ2n) is 6.90. The number of carbonyl (C=O) groups is 3. The van der Waals surface area contributed by atoms with Crippen molar-refractivity contribution in [1.29, 1.82) is 5.26 Å². The van der Waals surface area contributed by atoms with E-state index in [9.17, 15) is 19.5 Å². The number of nitriles is 1. The predicted molar refractivity (Wildman–Crippen MR) is 110 cm³/mol. The van der Waals surface area contributed by atoms with Crippen LogP contribution in [0.2, 0.25) is 0 Å². The lowest BCUT2D eigenvalue weighted by molar-refractivity contribution is -0.135. The van der Waals surface area contributed by atoms with Gasteiger partial charge in [-0.15, -0.1) is 0 Å². The predicted octanol–water partition coefficient (Wildman–Crippen LogP) is 1.04. The summed E-state index contributed by atoms with van der Waals surface area (Å²) in [5, 5.41) is 24.6. The number of nitrogens with one attached hydrogen (secondary N) is 2. The van der Waals surface area contributed by atoms with Gasteiger partial charge in [-0.2, -0.15) is 5.26 Å². The van der Waals surface area contributed by atoms with E-state index in [-0.39, 0.29) is 6.42 Å². The lowest BCUT2D eigenvalue weighted by atomic mass is 9.96. The number of benzene rings is 2. The molecule has 0 aliphatic heterocycles. The van der Waals surface area contributed by atoms with Gasteiger partial charge in [0.25, 0.3) is 11.8 Å². The molecule has 0 aliphatic carbocycles. The van der Waals surface area contributed by atoms with E-state index in [0.29, 0.717) is 11.1 Å². The van der Waals surface area contributed by atoms with Crippen LogP contribution in [0.3, 0.4) is 0 Å². The third-order valence-corrected chi connectivity index (χ3v) is 4.65. The van der Waals surface area contributed by atoms with Gasteiger partial charge in [-0.25, -0.2) is 0 Å². The molecule has 0 spiro atoms. The standard InChI is InChI=1S/C22H24N4O4/c1-14(12-13-23)17(20(24)28)25-22(30)19(27)18(15-8-4-2-5-9-15)26-21(29)16-10-6-3-7-11-16/h2-11,14,17-19,27H,12H2,1H3,(H2,24,28)(H,25,30)(H,26,29)/t14-,17-,18-,19+/m0/s1. The van der Waals surface area contributed by atoms with Gasteiger partial charge < -0.3 is 21.5 Å². The average molecular weight is 408 g/mol. The maximum absolute atomic E-state index is 12.7. The molecule has 0 bridgehead atoms. The highest BCUT2D eigenvalue weighted by atomic mass is 16.3. The maximum atomic E-state index is 12.7. The van der Waals surface area contributed by atoms with Crippen molar-refractivity contribution in [2.45, 2.75) is 31.5 Å². The van der Waals surface area contributed by atoms with Crippen molar-refractivity contribution in [3.8, 4) is 6.07 Å². The highest BCUT2D eigenvalue weighted by molar-refractivity contribution is 5.95. The number of rotatable bonds is 9. The van der Waals surface area contributed by atoms with Gasteiger partial charge in [0.15, 0.2) is 6.10 Å². The smallest absolute Gasteiger partial charge is 0.252 e. The van der Waals surface area contributed by atoms with Crippen molar-refractivity contribution in [2.75, 3.05) is 0 Å². The fraction of sp³-hybridized carbons (Fsp3) is 0.273. The number of primary amides is 1. The normalized spacial score (nSPS) is 14.4. The van der Waals surface area contributed by atoms with Crippen molar-refractivity contribution in [3.63, 3.8) is 0 Å². The molecule has 8 heteroatoms. The van der Waals surface area contributed by atoms with E-state index >= 15 is 0 Å². The van der Waals surface area contributed by atoms with Crippen LogP contribution >= 0.6 is 0 Å². The first-order chi connectivity index (χ1) is 14.3. The summed E-state index contributed by atoms with van der Waals surface area (Å²) in [6, 6.07) is 16.6. The Bertz CT molecular complexity index is 912. The molecule has 0 aromatic heterocycles. The SMILES string of the molecule is C[C@@H](CC#N)[C@H](NC(=O)[C@H](O)[C@@H](NC(=O)c1ccccc1)c1ccccc1)C(N)=O. The molecule has 5 N–H and O–H groups in total. The molecule has 0 radical (unpaired) electrons. The molecule has 2 aromatic carbocycles. The van der Waals surface area contributed by atoms with E-state index in [2.05, 4.69) is 10.6 Å². The molecular weight excluding hydrogens is 384 g/mol. The molecular formula is C22H24N4O4. The van der Waals surface area contributed by atoms with E-state index in [1.165, 1.54) is 0 Å². The van der Waals surface area contributed by atoms with Crippen molar-refractivity contribution in [2.24, 2.45) is 11.7 Å². The average Bonchev–Trinajstić information content (AvgIpc) is 2.76. The summed E-state index contributed by atoms with van der Waals surface area (Å²) < 4.78 is 0. The van der Waals surface area contributed by atoms with Gasteiger partial charge in [-0.3, -0.25) is 14.4 Å². The third kappa shape index (κ3) is 5.90. The minimum absolute atomic E-state index is 0.00314. The number of amides is 3. The zero-order valence-electron chi connectivity index (χ0n) is 16.5. The number of aliphatic hydroxyl groups excluding tert-OH is 1. The van der Waals surface area contributed by atoms with Crippen LogP contribution in [-0.2, 0) is 9.59 Å². The first kappa shape index (κ1) is 22.6. The summed E-state index contributed by atoms with van der Waals surface area (Å²) in [7, 11) is 0.